The van der Waals surface area contributed by atoms with Crippen LogP contribution >= 0.6 is 23.4 Å². The largest absolute Gasteiger partial charge is 0.493 e. The first-order valence-electron chi connectivity index (χ1n) is 6.50. The maximum Gasteiger partial charge on any atom is 0.339 e. The molecule has 0 aromatic heterocycles. The summed E-state index contributed by atoms with van der Waals surface area (Å²) >= 11 is 7.55. The molecule has 0 radical (unpaired) electrons. The zero-order chi connectivity index (χ0) is 15.1. The van der Waals surface area contributed by atoms with E-state index in [9.17, 15) is 4.79 Å². The fourth-order valence-corrected chi connectivity index (χ4v) is 2.68. The smallest absolute Gasteiger partial charge is 0.339 e. The van der Waals surface area contributed by atoms with Crippen molar-refractivity contribution in [2.45, 2.75) is 11.3 Å². The second-order valence-corrected chi connectivity index (χ2v) is 5.91. The van der Waals surface area contributed by atoms with Crippen molar-refractivity contribution in [1.29, 1.82) is 0 Å². The van der Waals surface area contributed by atoms with E-state index in [0.717, 1.165) is 22.1 Å². The average Bonchev–Trinajstić information content (AvgIpc) is 2.49. The van der Waals surface area contributed by atoms with E-state index in [1.54, 1.807) is 36.0 Å². The minimum atomic E-state index is -0.971. The van der Waals surface area contributed by atoms with E-state index in [-0.39, 0.29) is 5.56 Å². The van der Waals surface area contributed by atoms with Crippen molar-refractivity contribution < 1.29 is 14.6 Å². The van der Waals surface area contributed by atoms with Crippen LogP contribution in [0, 0.1) is 0 Å². The van der Waals surface area contributed by atoms with E-state index in [4.69, 9.17) is 21.4 Å². The second kappa shape index (κ2) is 7.96. The third kappa shape index (κ3) is 4.99. The molecule has 2 rings (SSSR count). The van der Waals surface area contributed by atoms with Gasteiger partial charge in [0.2, 0.25) is 0 Å². The molecular formula is C16H15ClO3S. The number of halogens is 1. The molecule has 0 aliphatic rings. The standard InChI is InChI=1S/C16H15ClO3S/c17-12-6-8-13(9-7-12)21-11-3-10-20-15-5-2-1-4-14(15)16(18)19/h1-2,4-9H,3,10-11H2,(H,18,19). The van der Waals surface area contributed by atoms with Crippen LogP contribution in [0.25, 0.3) is 0 Å². The molecular weight excluding hydrogens is 308 g/mol. The Hall–Kier alpha value is -1.65. The lowest BCUT2D eigenvalue weighted by Crippen LogP contribution is -2.04. The second-order valence-electron chi connectivity index (χ2n) is 4.31. The molecule has 0 unspecified atom stereocenters. The van der Waals surface area contributed by atoms with Crippen LogP contribution in [0.4, 0.5) is 0 Å². The molecule has 3 nitrogen and oxygen atoms in total. The highest BCUT2D eigenvalue weighted by Crippen LogP contribution is 2.22. The molecule has 0 amide bonds. The van der Waals surface area contributed by atoms with E-state index in [2.05, 4.69) is 0 Å². The highest BCUT2D eigenvalue weighted by Gasteiger charge is 2.09. The van der Waals surface area contributed by atoms with Crippen LogP contribution < -0.4 is 4.74 Å². The number of aromatic carboxylic acids is 1. The lowest BCUT2D eigenvalue weighted by molar-refractivity contribution is 0.0692. The summed E-state index contributed by atoms with van der Waals surface area (Å²) in [6, 6.07) is 14.4. The highest BCUT2D eigenvalue weighted by molar-refractivity contribution is 7.99. The van der Waals surface area contributed by atoms with E-state index >= 15 is 0 Å². The molecule has 2 aromatic rings. The van der Waals surface area contributed by atoms with Gasteiger partial charge in [0.25, 0.3) is 0 Å². The van der Waals surface area contributed by atoms with Gasteiger partial charge < -0.3 is 9.84 Å². The van der Waals surface area contributed by atoms with Gasteiger partial charge in [-0.2, -0.15) is 0 Å². The first-order chi connectivity index (χ1) is 10.2. The number of benzene rings is 2. The molecule has 0 spiro atoms. The van der Waals surface area contributed by atoms with Gasteiger partial charge in [0.15, 0.2) is 0 Å². The molecule has 5 heteroatoms. The highest BCUT2D eigenvalue weighted by atomic mass is 35.5. The topological polar surface area (TPSA) is 46.5 Å². The molecule has 0 bridgehead atoms. The summed E-state index contributed by atoms with van der Waals surface area (Å²) < 4.78 is 5.54. The van der Waals surface area contributed by atoms with Gasteiger partial charge in [-0.15, -0.1) is 11.8 Å². The number of carbonyl (C=O) groups is 1. The molecule has 0 saturated heterocycles. The Balaban J connectivity index is 1.75. The summed E-state index contributed by atoms with van der Waals surface area (Å²) in [5, 5.41) is 9.77. The number of carboxylic acid groups (broad SMARTS) is 1. The Morgan fingerprint density at radius 1 is 1.14 bits per heavy atom. The van der Waals surface area contributed by atoms with E-state index < -0.39 is 5.97 Å². The first kappa shape index (κ1) is 15.7. The normalized spacial score (nSPS) is 10.3. The molecule has 0 heterocycles. The molecule has 0 saturated carbocycles. The summed E-state index contributed by atoms with van der Waals surface area (Å²) in [4.78, 5) is 12.2. The zero-order valence-electron chi connectivity index (χ0n) is 11.3. The quantitative estimate of drug-likeness (QED) is 0.598. The summed E-state index contributed by atoms with van der Waals surface area (Å²) in [5.41, 5.74) is 0.197. The Bertz CT molecular complexity index is 599. The van der Waals surface area contributed by atoms with Gasteiger partial charge in [-0.3, -0.25) is 0 Å². The van der Waals surface area contributed by atoms with E-state index in [1.807, 2.05) is 24.3 Å². The minimum Gasteiger partial charge on any atom is -0.493 e. The molecule has 0 fully saturated rings. The number of rotatable bonds is 7. The van der Waals surface area contributed by atoms with Crippen LogP contribution in [0.2, 0.25) is 5.02 Å². The van der Waals surface area contributed by atoms with Gasteiger partial charge in [-0.25, -0.2) is 4.79 Å². The van der Waals surface area contributed by atoms with Crippen molar-refractivity contribution in [3.05, 3.63) is 59.1 Å². The van der Waals surface area contributed by atoms with Crippen molar-refractivity contribution in [3.63, 3.8) is 0 Å². The van der Waals surface area contributed by atoms with Crippen molar-refractivity contribution in [3.8, 4) is 5.75 Å². The maximum atomic E-state index is 11.0. The predicted octanol–water partition coefficient (Wildman–Crippen LogP) is 4.60. The molecule has 0 aliphatic heterocycles. The lowest BCUT2D eigenvalue weighted by atomic mass is 10.2. The van der Waals surface area contributed by atoms with Gasteiger partial charge in [0.1, 0.15) is 11.3 Å². The van der Waals surface area contributed by atoms with Gasteiger partial charge >= 0.3 is 5.97 Å². The predicted molar refractivity (Wildman–Crippen MR) is 85.7 cm³/mol. The molecule has 0 aliphatic carbocycles. The molecule has 21 heavy (non-hydrogen) atoms. The van der Waals surface area contributed by atoms with Crippen molar-refractivity contribution in [2.75, 3.05) is 12.4 Å². The maximum absolute atomic E-state index is 11.0. The number of para-hydroxylation sites is 1. The molecule has 1 N–H and O–H groups in total. The van der Waals surface area contributed by atoms with Crippen molar-refractivity contribution in [2.24, 2.45) is 0 Å². The SMILES string of the molecule is O=C(O)c1ccccc1OCCCSc1ccc(Cl)cc1. The number of ether oxygens (including phenoxy) is 1. The summed E-state index contributed by atoms with van der Waals surface area (Å²) in [6.07, 6.45) is 0.835. The molecule has 2 aromatic carbocycles. The Kier molecular flexibility index (Phi) is 5.96. The summed E-state index contributed by atoms with van der Waals surface area (Å²) in [7, 11) is 0. The first-order valence-corrected chi connectivity index (χ1v) is 7.86. The van der Waals surface area contributed by atoms with Crippen LogP contribution in [0.15, 0.2) is 53.4 Å². The Labute approximate surface area is 132 Å². The average molecular weight is 323 g/mol. The van der Waals surface area contributed by atoms with Crippen molar-refractivity contribution in [1.82, 2.24) is 0 Å². The van der Waals surface area contributed by atoms with Crippen LogP contribution in [-0.4, -0.2) is 23.4 Å². The van der Waals surface area contributed by atoms with Gasteiger partial charge in [0, 0.05) is 15.7 Å². The van der Waals surface area contributed by atoms with Crippen LogP contribution in [-0.2, 0) is 0 Å². The van der Waals surface area contributed by atoms with Crippen LogP contribution in [0.1, 0.15) is 16.8 Å². The van der Waals surface area contributed by atoms with Gasteiger partial charge in [-0.05, 0) is 42.8 Å². The van der Waals surface area contributed by atoms with Crippen LogP contribution in [0.5, 0.6) is 5.75 Å². The number of hydrogen-bond acceptors (Lipinski definition) is 3. The fourth-order valence-electron chi connectivity index (χ4n) is 1.73. The Morgan fingerprint density at radius 3 is 2.57 bits per heavy atom. The minimum absolute atomic E-state index is 0.197. The van der Waals surface area contributed by atoms with E-state index in [1.165, 1.54) is 0 Å². The molecule has 110 valence electrons. The molecule has 0 atom stereocenters. The van der Waals surface area contributed by atoms with Gasteiger partial charge in [-0.1, -0.05) is 23.7 Å². The number of hydrogen-bond donors (Lipinski definition) is 1. The summed E-state index contributed by atoms with van der Waals surface area (Å²) in [5.74, 6) is 0.347. The Morgan fingerprint density at radius 2 is 1.86 bits per heavy atom. The zero-order valence-corrected chi connectivity index (χ0v) is 12.9. The summed E-state index contributed by atoms with van der Waals surface area (Å²) in [6.45, 7) is 0.491. The fraction of sp³-hybridized carbons (Fsp3) is 0.188. The monoisotopic (exact) mass is 322 g/mol. The number of thioether (sulfide) groups is 1. The third-order valence-corrected chi connectivity index (χ3v) is 4.10. The third-order valence-electron chi connectivity index (χ3n) is 2.75. The van der Waals surface area contributed by atoms with Gasteiger partial charge in [0.05, 0.1) is 6.61 Å². The number of carboxylic acids is 1. The van der Waals surface area contributed by atoms with E-state index in [0.29, 0.717) is 12.4 Å². The van der Waals surface area contributed by atoms with Crippen molar-refractivity contribution >= 4 is 29.3 Å². The lowest BCUT2D eigenvalue weighted by Gasteiger charge is -2.08. The van der Waals surface area contributed by atoms with Crippen LogP contribution in [0.3, 0.4) is 0 Å².